The van der Waals surface area contributed by atoms with E-state index < -0.39 is 0 Å². The van der Waals surface area contributed by atoms with E-state index >= 15 is 0 Å². The number of rotatable bonds is 2. The van der Waals surface area contributed by atoms with Gasteiger partial charge in [0.15, 0.2) is 0 Å². The summed E-state index contributed by atoms with van der Waals surface area (Å²) < 4.78 is 0. The van der Waals surface area contributed by atoms with Crippen molar-refractivity contribution in [3.63, 3.8) is 0 Å². The molecule has 1 heterocycles. The van der Waals surface area contributed by atoms with Gasteiger partial charge < -0.3 is 5.11 Å². The Kier molecular flexibility index (Phi) is 2.15. The maximum atomic E-state index is 10.9. The summed E-state index contributed by atoms with van der Waals surface area (Å²) in [5.41, 5.74) is 1.04. The molecule has 0 aliphatic heterocycles. The third kappa shape index (κ3) is 1.35. The molecule has 1 aromatic carbocycles. The molecule has 2 aromatic rings. The highest BCUT2D eigenvalue weighted by atomic mass is 16.3. The molecule has 0 saturated heterocycles. The van der Waals surface area contributed by atoms with Gasteiger partial charge in [0, 0.05) is 23.3 Å². The van der Waals surface area contributed by atoms with Crippen molar-refractivity contribution in [1.29, 1.82) is 0 Å². The summed E-state index contributed by atoms with van der Waals surface area (Å²) in [6.45, 7) is 0. The fraction of sp³-hybridized carbons (Fsp3) is 0.500. The molecule has 2 heteroatoms. The van der Waals surface area contributed by atoms with Crippen LogP contribution in [0.4, 0.5) is 0 Å². The molecule has 3 saturated carbocycles. The topological polar surface area (TPSA) is 33.1 Å². The van der Waals surface area contributed by atoms with Gasteiger partial charge in [-0.25, -0.2) is 0 Å². The van der Waals surface area contributed by atoms with Crippen LogP contribution in [0.1, 0.15) is 30.9 Å². The van der Waals surface area contributed by atoms with Gasteiger partial charge in [-0.15, -0.1) is 0 Å². The van der Waals surface area contributed by atoms with Crippen LogP contribution in [0.2, 0.25) is 0 Å². The summed E-state index contributed by atoms with van der Waals surface area (Å²) in [6, 6.07) is 8.28. The first kappa shape index (κ1) is 11.3. The zero-order valence-electron chi connectivity index (χ0n) is 11.4. The maximum Gasteiger partial charge on any atom is 0.0844 e. The van der Waals surface area contributed by atoms with Crippen LogP contribution in [-0.4, -0.2) is 10.1 Å². The van der Waals surface area contributed by atoms with Crippen LogP contribution in [-0.2, 0) is 0 Å². The Morgan fingerprint density at radius 3 is 2.60 bits per heavy atom. The van der Waals surface area contributed by atoms with Gasteiger partial charge >= 0.3 is 0 Å². The Morgan fingerprint density at radius 2 is 1.80 bits per heavy atom. The number of hydrogen-bond donors (Lipinski definition) is 1. The molecule has 0 amide bonds. The lowest BCUT2D eigenvalue weighted by atomic mass is 9.93. The fourth-order valence-corrected chi connectivity index (χ4v) is 5.40. The van der Waals surface area contributed by atoms with E-state index in [0.717, 1.165) is 34.6 Å². The molecule has 1 N–H and O–H groups in total. The molecule has 20 heavy (non-hydrogen) atoms. The highest BCUT2D eigenvalue weighted by Gasteiger charge is 2.66. The molecular weight excluding hydrogens is 246 g/mol. The van der Waals surface area contributed by atoms with E-state index in [9.17, 15) is 5.11 Å². The van der Waals surface area contributed by atoms with E-state index in [-0.39, 0.29) is 6.10 Å². The lowest BCUT2D eigenvalue weighted by Crippen LogP contribution is -2.09. The van der Waals surface area contributed by atoms with Gasteiger partial charge in [-0.1, -0.05) is 24.3 Å². The molecular formula is C18H19NO. The number of fused-ring (bicyclic) bond motifs is 6. The lowest BCUT2D eigenvalue weighted by Gasteiger charge is -2.17. The third-order valence-electron chi connectivity index (χ3n) is 6.18. The number of hydrogen-bond acceptors (Lipinski definition) is 2. The zero-order valence-corrected chi connectivity index (χ0v) is 11.4. The summed E-state index contributed by atoms with van der Waals surface area (Å²) in [5.74, 6) is 3.94. The van der Waals surface area contributed by atoms with E-state index in [2.05, 4.69) is 23.2 Å². The number of aliphatic hydroxyl groups excluding tert-OH is 1. The van der Waals surface area contributed by atoms with E-state index in [1.54, 1.807) is 0 Å². The smallest absolute Gasteiger partial charge is 0.0844 e. The monoisotopic (exact) mass is 265 g/mol. The molecule has 2 nitrogen and oxygen atoms in total. The number of aliphatic hydroxyl groups is 1. The summed E-state index contributed by atoms with van der Waals surface area (Å²) in [5, 5.41) is 13.2. The second-order valence-corrected chi connectivity index (χ2v) is 6.96. The first-order chi connectivity index (χ1) is 9.84. The molecule has 3 fully saturated rings. The van der Waals surface area contributed by atoms with Crippen LogP contribution < -0.4 is 0 Å². The molecule has 1 aromatic heterocycles. The van der Waals surface area contributed by atoms with E-state index in [1.807, 2.05) is 18.5 Å². The van der Waals surface area contributed by atoms with Gasteiger partial charge in [0.25, 0.3) is 0 Å². The Morgan fingerprint density at radius 1 is 1.05 bits per heavy atom. The van der Waals surface area contributed by atoms with Gasteiger partial charge in [-0.2, -0.15) is 0 Å². The predicted octanol–water partition coefficient (Wildman–Crippen LogP) is 3.56. The van der Waals surface area contributed by atoms with Crippen LogP contribution in [0.25, 0.3) is 10.8 Å². The highest BCUT2D eigenvalue weighted by molar-refractivity contribution is 5.85. The average molecular weight is 265 g/mol. The minimum Gasteiger partial charge on any atom is -0.388 e. The molecule has 5 unspecified atom stereocenters. The number of nitrogens with zero attached hydrogens (tertiary/aromatic N) is 1. The van der Waals surface area contributed by atoms with Crippen LogP contribution in [0.15, 0.2) is 36.7 Å². The molecule has 2 bridgehead atoms. The van der Waals surface area contributed by atoms with E-state index in [4.69, 9.17) is 0 Å². The van der Waals surface area contributed by atoms with Crippen LogP contribution in [0.5, 0.6) is 0 Å². The van der Waals surface area contributed by atoms with Gasteiger partial charge in [0.1, 0.15) is 0 Å². The molecule has 5 rings (SSSR count). The van der Waals surface area contributed by atoms with E-state index in [0.29, 0.717) is 5.92 Å². The summed E-state index contributed by atoms with van der Waals surface area (Å²) in [7, 11) is 0. The first-order valence-corrected chi connectivity index (χ1v) is 7.85. The van der Waals surface area contributed by atoms with Crippen molar-refractivity contribution < 1.29 is 5.11 Å². The van der Waals surface area contributed by atoms with Crippen molar-refractivity contribution in [3.8, 4) is 0 Å². The minimum atomic E-state index is -0.313. The SMILES string of the molecule is OC(c1cncc2ccccc12)C1C2C3CCC(C3)C21. The van der Waals surface area contributed by atoms with Crippen LogP contribution >= 0.6 is 0 Å². The second kappa shape index (κ2) is 3.82. The van der Waals surface area contributed by atoms with Gasteiger partial charge in [0.05, 0.1) is 6.10 Å². The fourth-order valence-electron chi connectivity index (χ4n) is 5.40. The minimum absolute atomic E-state index is 0.313. The number of pyridine rings is 1. The van der Waals surface area contributed by atoms with Crippen molar-refractivity contribution in [2.45, 2.75) is 25.4 Å². The molecule has 0 spiro atoms. The molecule has 5 atom stereocenters. The largest absolute Gasteiger partial charge is 0.388 e. The lowest BCUT2D eigenvalue weighted by molar-refractivity contribution is 0.131. The number of aromatic nitrogens is 1. The zero-order chi connectivity index (χ0) is 13.3. The van der Waals surface area contributed by atoms with Gasteiger partial charge in [0.2, 0.25) is 0 Å². The maximum absolute atomic E-state index is 10.9. The van der Waals surface area contributed by atoms with Crippen molar-refractivity contribution in [2.75, 3.05) is 0 Å². The van der Waals surface area contributed by atoms with Gasteiger partial charge in [-0.3, -0.25) is 4.98 Å². The van der Waals surface area contributed by atoms with Crippen molar-refractivity contribution in [2.24, 2.45) is 29.6 Å². The predicted molar refractivity (Wildman–Crippen MR) is 78.0 cm³/mol. The first-order valence-electron chi connectivity index (χ1n) is 7.85. The second-order valence-electron chi connectivity index (χ2n) is 6.96. The summed E-state index contributed by atoms with van der Waals surface area (Å²) in [4.78, 5) is 4.33. The standard InChI is InChI=1S/C18H19NO/c20-18(17-15-10-5-6-11(7-10)16(15)17)14-9-19-8-12-3-1-2-4-13(12)14/h1-4,8-11,15-18,20H,5-7H2. The average Bonchev–Trinajstić information content (AvgIpc) is 2.93. The van der Waals surface area contributed by atoms with Crippen LogP contribution in [0, 0.1) is 29.6 Å². The van der Waals surface area contributed by atoms with Crippen molar-refractivity contribution in [1.82, 2.24) is 4.98 Å². The normalized spacial score (nSPS) is 39.0. The Balaban J connectivity index is 1.53. The molecule has 3 aliphatic rings. The molecule has 3 aliphatic carbocycles. The van der Waals surface area contributed by atoms with Crippen LogP contribution in [0.3, 0.4) is 0 Å². The Hall–Kier alpha value is -1.41. The molecule has 0 radical (unpaired) electrons. The Bertz CT molecular complexity index is 661. The third-order valence-corrected chi connectivity index (χ3v) is 6.18. The quantitative estimate of drug-likeness (QED) is 0.900. The van der Waals surface area contributed by atoms with Crippen molar-refractivity contribution in [3.05, 3.63) is 42.2 Å². The highest BCUT2D eigenvalue weighted by Crippen LogP contribution is 2.72. The summed E-state index contributed by atoms with van der Waals surface area (Å²) >= 11 is 0. The molecule has 102 valence electrons. The van der Waals surface area contributed by atoms with E-state index in [1.165, 1.54) is 24.6 Å². The Labute approximate surface area is 118 Å². The van der Waals surface area contributed by atoms with Crippen molar-refractivity contribution >= 4 is 10.8 Å². The van der Waals surface area contributed by atoms with Gasteiger partial charge in [-0.05, 0) is 54.2 Å². The number of benzene rings is 1. The summed E-state index contributed by atoms with van der Waals surface area (Å²) in [6.07, 6.45) is 7.70.